The average molecular weight is 723 g/mol. The summed E-state index contributed by atoms with van der Waals surface area (Å²) >= 11 is 0. The van der Waals surface area contributed by atoms with Crippen LogP contribution in [0.4, 0.5) is 0 Å². The number of para-hydroxylation sites is 4. The van der Waals surface area contributed by atoms with E-state index in [0.29, 0.717) is 0 Å². The van der Waals surface area contributed by atoms with Gasteiger partial charge in [0.05, 0.1) is 33.4 Å². The molecule has 10 rings (SSSR count). The average Bonchev–Trinajstić information content (AvgIpc) is 3.75. The van der Waals surface area contributed by atoms with Crippen LogP contribution in [0.15, 0.2) is 200 Å². The highest BCUT2D eigenvalue weighted by Crippen LogP contribution is 2.43. The molecule has 0 radical (unpaired) electrons. The van der Waals surface area contributed by atoms with Crippen molar-refractivity contribution in [3.8, 4) is 22.5 Å². The van der Waals surface area contributed by atoms with E-state index in [-0.39, 0.29) is 5.04 Å². The summed E-state index contributed by atoms with van der Waals surface area (Å²) in [6, 6.07) is 74.3. The fourth-order valence-electron chi connectivity index (χ4n) is 9.67. The molecule has 55 heavy (non-hydrogen) atoms. The van der Waals surface area contributed by atoms with E-state index in [2.05, 4.69) is 230 Å². The van der Waals surface area contributed by atoms with Gasteiger partial charge < -0.3 is 9.13 Å². The lowest BCUT2D eigenvalue weighted by Crippen LogP contribution is -2.72. The van der Waals surface area contributed by atoms with Gasteiger partial charge in [-0.15, -0.1) is 0 Å². The van der Waals surface area contributed by atoms with Gasteiger partial charge in [-0.3, -0.25) is 0 Å². The van der Waals surface area contributed by atoms with E-state index in [0.717, 1.165) is 0 Å². The van der Waals surface area contributed by atoms with Crippen LogP contribution >= 0.6 is 0 Å². The third-order valence-electron chi connectivity index (χ3n) is 11.8. The molecule has 0 aliphatic carbocycles. The Labute approximate surface area is 323 Å². The predicted octanol–water partition coefficient (Wildman–Crippen LogP) is 11.8. The first-order valence-electron chi connectivity index (χ1n) is 19.3. The summed E-state index contributed by atoms with van der Waals surface area (Å²) in [5.41, 5.74) is 9.69. The Hall–Kier alpha value is -6.42. The number of benzene rings is 8. The minimum Gasteiger partial charge on any atom is -0.309 e. The van der Waals surface area contributed by atoms with Gasteiger partial charge in [-0.1, -0.05) is 191 Å². The standard InChI is InChI=1S/C52H42N2Si/c1-52(2,3)55(38-23-9-5-10-24-38,39-25-11-6-12-26-39)49-36-19-30-42-41-28-14-17-32-45(41)54(51(42)49)48-35-20-34-47-50(48)43-29-15-18-33-46(43)53(47)44-31-16-13-27-40(44)37-21-7-4-8-22-37/h4-36H,1-3H3. The van der Waals surface area contributed by atoms with Crippen LogP contribution in [0.2, 0.25) is 5.04 Å². The summed E-state index contributed by atoms with van der Waals surface area (Å²) in [4.78, 5) is 0. The van der Waals surface area contributed by atoms with Gasteiger partial charge in [-0.2, -0.15) is 0 Å². The van der Waals surface area contributed by atoms with Crippen molar-refractivity contribution in [3.63, 3.8) is 0 Å². The monoisotopic (exact) mass is 722 g/mol. The van der Waals surface area contributed by atoms with Crippen molar-refractivity contribution in [2.45, 2.75) is 25.8 Å². The fraction of sp³-hybridized carbons (Fsp3) is 0.0769. The van der Waals surface area contributed by atoms with Crippen molar-refractivity contribution in [1.29, 1.82) is 0 Å². The first kappa shape index (κ1) is 33.2. The molecule has 0 unspecified atom stereocenters. The summed E-state index contributed by atoms with van der Waals surface area (Å²) in [6.07, 6.45) is 0. The quantitative estimate of drug-likeness (QED) is 0.119. The molecular weight excluding hydrogens is 681 g/mol. The van der Waals surface area contributed by atoms with E-state index in [9.17, 15) is 0 Å². The second-order valence-electron chi connectivity index (χ2n) is 15.7. The minimum atomic E-state index is -2.76. The van der Waals surface area contributed by atoms with Crippen LogP contribution in [0.25, 0.3) is 66.1 Å². The maximum atomic E-state index is 2.61. The normalized spacial score (nSPS) is 12.3. The van der Waals surface area contributed by atoms with Gasteiger partial charge in [0.2, 0.25) is 0 Å². The molecule has 0 atom stereocenters. The molecule has 0 spiro atoms. The molecule has 0 saturated carbocycles. The van der Waals surface area contributed by atoms with E-state index >= 15 is 0 Å². The second-order valence-corrected chi connectivity index (χ2v) is 20.4. The van der Waals surface area contributed by atoms with Crippen molar-refractivity contribution in [2.24, 2.45) is 0 Å². The molecule has 0 saturated heterocycles. The zero-order chi connectivity index (χ0) is 37.1. The van der Waals surface area contributed by atoms with Crippen molar-refractivity contribution in [2.75, 3.05) is 0 Å². The summed E-state index contributed by atoms with van der Waals surface area (Å²) in [5.74, 6) is 0. The topological polar surface area (TPSA) is 9.86 Å². The van der Waals surface area contributed by atoms with E-state index in [1.165, 1.54) is 81.7 Å². The zero-order valence-corrected chi connectivity index (χ0v) is 32.4. The van der Waals surface area contributed by atoms with E-state index in [4.69, 9.17) is 0 Å². The number of hydrogen-bond donors (Lipinski definition) is 0. The molecule has 0 N–H and O–H groups in total. The van der Waals surface area contributed by atoms with Crippen LogP contribution < -0.4 is 15.6 Å². The van der Waals surface area contributed by atoms with Crippen LogP contribution in [0.5, 0.6) is 0 Å². The SMILES string of the molecule is CC(C)(C)[Si](c1ccccc1)(c1ccccc1)c1cccc2c3ccccc3n(-c3cccc4c3c3ccccc3n4-c3ccccc3-c3ccccc3)c12. The van der Waals surface area contributed by atoms with E-state index in [1.807, 2.05) is 0 Å². The van der Waals surface area contributed by atoms with Gasteiger partial charge in [0.15, 0.2) is 8.07 Å². The van der Waals surface area contributed by atoms with Gasteiger partial charge in [-0.05, 0) is 56.5 Å². The molecular formula is C52H42N2Si. The predicted molar refractivity (Wildman–Crippen MR) is 238 cm³/mol. The van der Waals surface area contributed by atoms with Crippen LogP contribution in [0, 0.1) is 0 Å². The summed E-state index contributed by atoms with van der Waals surface area (Å²) < 4.78 is 5.09. The zero-order valence-electron chi connectivity index (χ0n) is 31.4. The lowest BCUT2D eigenvalue weighted by molar-refractivity contribution is 0.739. The maximum absolute atomic E-state index is 2.76. The van der Waals surface area contributed by atoms with Crippen molar-refractivity contribution >= 4 is 67.2 Å². The third kappa shape index (κ3) is 4.93. The Bertz CT molecular complexity index is 2960. The molecule has 2 aromatic heterocycles. The first-order chi connectivity index (χ1) is 27.0. The fourth-order valence-corrected chi connectivity index (χ4v) is 15.5. The Morgan fingerprint density at radius 2 is 0.873 bits per heavy atom. The van der Waals surface area contributed by atoms with Gasteiger partial charge in [-0.25, -0.2) is 0 Å². The molecule has 10 aromatic rings. The smallest absolute Gasteiger partial charge is 0.156 e. The van der Waals surface area contributed by atoms with Crippen LogP contribution in [0.3, 0.4) is 0 Å². The van der Waals surface area contributed by atoms with E-state index in [1.54, 1.807) is 0 Å². The molecule has 264 valence electrons. The Morgan fingerprint density at radius 1 is 0.382 bits per heavy atom. The van der Waals surface area contributed by atoms with Crippen molar-refractivity contribution < 1.29 is 0 Å². The number of rotatable bonds is 6. The summed E-state index contributed by atoms with van der Waals surface area (Å²) in [6.45, 7) is 7.39. The molecule has 2 nitrogen and oxygen atoms in total. The Morgan fingerprint density at radius 3 is 1.55 bits per heavy atom. The van der Waals surface area contributed by atoms with Gasteiger partial charge >= 0.3 is 0 Å². The Balaban J connectivity index is 1.38. The summed E-state index contributed by atoms with van der Waals surface area (Å²) in [7, 11) is -2.76. The lowest BCUT2D eigenvalue weighted by Gasteiger charge is -2.45. The summed E-state index contributed by atoms with van der Waals surface area (Å²) in [5, 5.41) is 9.25. The van der Waals surface area contributed by atoms with Crippen molar-refractivity contribution in [3.05, 3.63) is 200 Å². The first-order valence-corrected chi connectivity index (χ1v) is 21.3. The van der Waals surface area contributed by atoms with E-state index < -0.39 is 8.07 Å². The highest BCUT2D eigenvalue weighted by molar-refractivity contribution is 7.14. The van der Waals surface area contributed by atoms with Gasteiger partial charge in [0, 0.05) is 27.1 Å². The molecule has 0 bridgehead atoms. The number of hydrogen-bond acceptors (Lipinski definition) is 0. The number of fused-ring (bicyclic) bond motifs is 6. The third-order valence-corrected chi connectivity index (χ3v) is 17.6. The molecule has 8 aromatic carbocycles. The lowest BCUT2D eigenvalue weighted by atomic mass is 10.0. The number of aromatic nitrogens is 2. The highest BCUT2D eigenvalue weighted by Gasteiger charge is 2.50. The van der Waals surface area contributed by atoms with Crippen LogP contribution in [-0.4, -0.2) is 17.2 Å². The molecule has 3 heteroatoms. The molecule has 0 aliphatic heterocycles. The molecule has 0 amide bonds. The Kier molecular flexibility index (Phi) is 7.76. The highest BCUT2D eigenvalue weighted by atomic mass is 28.3. The minimum absolute atomic E-state index is 0.0749. The van der Waals surface area contributed by atoms with Crippen LogP contribution in [-0.2, 0) is 0 Å². The second kappa shape index (κ2) is 12.9. The maximum Gasteiger partial charge on any atom is 0.156 e. The number of nitrogens with zero attached hydrogens (tertiary/aromatic N) is 2. The van der Waals surface area contributed by atoms with Crippen LogP contribution in [0.1, 0.15) is 20.8 Å². The molecule has 2 heterocycles. The largest absolute Gasteiger partial charge is 0.309 e. The van der Waals surface area contributed by atoms with Gasteiger partial charge in [0.1, 0.15) is 0 Å². The van der Waals surface area contributed by atoms with Crippen molar-refractivity contribution in [1.82, 2.24) is 9.13 Å². The molecule has 0 aliphatic rings. The van der Waals surface area contributed by atoms with Gasteiger partial charge in [0.25, 0.3) is 0 Å². The molecule has 0 fully saturated rings.